The number of hydrogen-bond donors (Lipinski definition) is 2. The zero-order chi connectivity index (χ0) is 17.5. The third-order valence-electron chi connectivity index (χ3n) is 3.64. The Morgan fingerprint density at radius 3 is 2.71 bits per heavy atom. The number of carbonyl (C=O) groups is 1. The van der Waals surface area contributed by atoms with Gasteiger partial charge < -0.3 is 10.1 Å². The summed E-state index contributed by atoms with van der Waals surface area (Å²) in [6, 6.07) is 7.97. The molecule has 0 unspecified atom stereocenters. The van der Waals surface area contributed by atoms with Crippen molar-refractivity contribution in [3.05, 3.63) is 47.8 Å². The molecule has 8 heteroatoms. The quantitative estimate of drug-likeness (QED) is 0.891. The molecule has 1 aliphatic heterocycles. The van der Waals surface area contributed by atoms with Crippen LogP contribution in [0.15, 0.2) is 41.3 Å². The van der Waals surface area contributed by atoms with Crippen LogP contribution in [0.3, 0.4) is 0 Å². The van der Waals surface area contributed by atoms with E-state index in [9.17, 15) is 17.6 Å². The third kappa shape index (κ3) is 3.05. The van der Waals surface area contributed by atoms with Crippen LogP contribution >= 0.6 is 0 Å². The Kier molecular flexibility index (Phi) is 3.92. The van der Waals surface area contributed by atoms with E-state index in [4.69, 9.17) is 4.74 Å². The fourth-order valence-electron chi connectivity index (χ4n) is 2.26. The van der Waals surface area contributed by atoms with E-state index in [-0.39, 0.29) is 22.2 Å². The summed E-state index contributed by atoms with van der Waals surface area (Å²) in [5.41, 5.74) is 1.02. The summed E-state index contributed by atoms with van der Waals surface area (Å²) < 4.78 is 46.1. The van der Waals surface area contributed by atoms with Gasteiger partial charge in [0.15, 0.2) is 6.10 Å². The number of amides is 1. The smallest absolute Gasteiger partial charge is 0.265 e. The van der Waals surface area contributed by atoms with Crippen LogP contribution in [0, 0.1) is 12.7 Å². The first-order chi connectivity index (χ1) is 11.3. The number of halogens is 1. The fourth-order valence-corrected chi connectivity index (χ4v) is 3.41. The zero-order valence-electron chi connectivity index (χ0n) is 13.0. The molecule has 126 valence electrons. The first kappa shape index (κ1) is 16.3. The monoisotopic (exact) mass is 350 g/mol. The van der Waals surface area contributed by atoms with Crippen molar-refractivity contribution in [1.82, 2.24) is 0 Å². The van der Waals surface area contributed by atoms with Crippen LogP contribution < -0.4 is 14.8 Å². The van der Waals surface area contributed by atoms with Crippen molar-refractivity contribution < 1.29 is 22.3 Å². The number of carbonyl (C=O) groups excluding carboxylic acids is 1. The number of fused-ring (bicyclic) bond motifs is 1. The topological polar surface area (TPSA) is 84.5 Å². The second kappa shape index (κ2) is 5.79. The Morgan fingerprint density at radius 2 is 1.96 bits per heavy atom. The highest BCUT2D eigenvalue weighted by molar-refractivity contribution is 7.92. The number of nitrogens with one attached hydrogen (secondary N) is 2. The van der Waals surface area contributed by atoms with Crippen molar-refractivity contribution in [2.75, 3.05) is 10.0 Å². The number of anilines is 2. The van der Waals surface area contributed by atoms with Gasteiger partial charge in [-0.2, -0.15) is 0 Å². The first-order valence-electron chi connectivity index (χ1n) is 7.17. The van der Waals surface area contributed by atoms with Gasteiger partial charge in [-0.25, -0.2) is 12.8 Å². The molecule has 1 atom stereocenters. The lowest BCUT2D eigenvalue weighted by molar-refractivity contribution is -0.122. The predicted octanol–water partition coefficient (Wildman–Crippen LogP) is 2.65. The molecule has 2 aromatic rings. The minimum absolute atomic E-state index is 0.0663. The van der Waals surface area contributed by atoms with Gasteiger partial charge in [0.2, 0.25) is 0 Å². The molecule has 1 heterocycles. The van der Waals surface area contributed by atoms with E-state index < -0.39 is 21.9 Å². The lowest BCUT2D eigenvalue weighted by Gasteiger charge is -2.23. The molecule has 0 spiro atoms. The Labute approximate surface area is 138 Å². The highest BCUT2D eigenvalue weighted by atomic mass is 32.2. The molecule has 0 aliphatic carbocycles. The number of sulfonamides is 1. The van der Waals surface area contributed by atoms with Crippen LogP contribution in [-0.4, -0.2) is 20.4 Å². The summed E-state index contributed by atoms with van der Waals surface area (Å²) in [5, 5.41) is 2.59. The van der Waals surface area contributed by atoms with Gasteiger partial charge in [-0.15, -0.1) is 0 Å². The standard InChI is InChI=1S/C16H15FN2O4S/c1-9-3-4-11(17)7-13(9)19-24(21,22)12-5-6-15-14(8-12)18-16(20)10(2)23-15/h3-8,10,19H,1-2H3,(H,18,20)/t10-/m1/s1. The molecular weight excluding hydrogens is 335 g/mol. The summed E-state index contributed by atoms with van der Waals surface area (Å²) in [5.74, 6) is -0.507. The molecule has 0 saturated carbocycles. The van der Waals surface area contributed by atoms with Crippen LogP contribution in [0.4, 0.5) is 15.8 Å². The van der Waals surface area contributed by atoms with E-state index in [1.807, 2.05) is 0 Å². The molecule has 6 nitrogen and oxygen atoms in total. The van der Waals surface area contributed by atoms with Gasteiger partial charge in [0.25, 0.3) is 15.9 Å². The molecular formula is C16H15FN2O4S. The van der Waals surface area contributed by atoms with E-state index in [2.05, 4.69) is 10.0 Å². The van der Waals surface area contributed by atoms with Gasteiger partial charge in [-0.1, -0.05) is 6.07 Å². The maximum absolute atomic E-state index is 13.3. The second-order valence-corrected chi connectivity index (χ2v) is 7.15. The maximum atomic E-state index is 13.3. The van der Waals surface area contributed by atoms with Gasteiger partial charge >= 0.3 is 0 Å². The van der Waals surface area contributed by atoms with Gasteiger partial charge in [-0.05, 0) is 49.7 Å². The van der Waals surface area contributed by atoms with Crippen LogP contribution in [0.5, 0.6) is 5.75 Å². The molecule has 0 bridgehead atoms. The summed E-state index contributed by atoms with van der Waals surface area (Å²) >= 11 is 0. The third-order valence-corrected chi connectivity index (χ3v) is 5.00. The highest BCUT2D eigenvalue weighted by Gasteiger charge is 2.25. The minimum Gasteiger partial charge on any atom is -0.479 e. The molecule has 2 N–H and O–H groups in total. The summed E-state index contributed by atoms with van der Waals surface area (Å²) in [4.78, 5) is 11.6. The fraction of sp³-hybridized carbons (Fsp3) is 0.188. The molecule has 24 heavy (non-hydrogen) atoms. The number of hydrogen-bond acceptors (Lipinski definition) is 4. The molecule has 3 rings (SSSR count). The Morgan fingerprint density at radius 1 is 1.21 bits per heavy atom. The highest BCUT2D eigenvalue weighted by Crippen LogP contribution is 2.32. The van der Waals surface area contributed by atoms with Gasteiger partial charge in [0, 0.05) is 0 Å². The summed E-state index contributed by atoms with van der Waals surface area (Å²) in [7, 11) is -3.94. The predicted molar refractivity (Wildman–Crippen MR) is 87.1 cm³/mol. The van der Waals surface area contributed by atoms with Gasteiger partial charge in [-0.3, -0.25) is 9.52 Å². The lowest BCUT2D eigenvalue weighted by Crippen LogP contribution is -2.34. The van der Waals surface area contributed by atoms with E-state index >= 15 is 0 Å². The van der Waals surface area contributed by atoms with Gasteiger partial charge in [0.1, 0.15) is 11.6 Å². The van der Waals surface area contributed by atoms with E-state index in [0.717, 1.165) is 6.07 Å². The maximum Gasteiger partial charge on any atom is 0.265 e. The number of aryl methyl sites for hydroxylation is 1. The van der Waals surface area contributed by atoms with Crippen LogP contribution in [0.1, 0.15) is 12.5 Å². The van der Waals surface area contributed by atoms with Gasteiger partial charge in [0.05, 0.1) is 16.3 Å². The van der Waals surface area contributed by atoms with Crippen molar-refractivity contribution in [3.63, 3.8) is 0 Å². The molecule has 0 aromatic heterocycles. The number of ether oxygens (including phenoxy) is 1. The van der Waals surface area contributed by atoms with Crippen molar-refractivity contribution >= 4 is 27.3 Å². The molecule has 1 amide bonds. The Bertz CT molecular complexity index is 928. The minimum atomic E-state index is -3.94. The molecule has 1 aliphatic rings. The number of benzene rings is 2. The van der Waals surface area contributed by atoms with Crippen LogP contribution in [0.2, 0.25) is 0 Å². The second-order valence-electron chi connectivity index (χ2n) is 5.47. The molecule has 0 radical (unpaired) electrons. The average molecular weight is 350 g/mol. The first-order valence-corrected chi connectivity index (χ1v) is 8.65. The van der Waals surface area contributed by atoms with E-state index in [1.165, 1.54) is 30.3 Å². The van der Waals surface area contributed by atoms with Crippen molar-refractivity contribution in [3.8, 4) is 5.75 Å². The van der Waals surface area contributed by atoms with Crippen molar-refractivity contribution in [2.24, 2.45) is 0 Å². The van der Waals surface area contributed by atoms with Crippen molar-refractivity contribution in [1.29, 1.82) is 0 Å². The zero-order valence-corrected chi connectivity index (χ0v) is 13.8. The van der Waals surface area contributed by atoms with E-state index in [0.29, 0.717) is 11.3 Å². The number of rotatable bonds is 3. The Balaban J connectivity index is 1.95. The summed E-state index contributed by atoms with van der Waals surface area (Å²) in [6.45, 7) is 3.26. The summed E-state index contributed by atoms with van der Waals surface area (Å²) in [6.07, 6.45) is -0.645. The molecule has 2 aromatic carbocycles. The Hall–Kier alpha value is -2.61. The molecule has 0 saturated heterocycles. The van der Waals surface area contributed by atoms with Crippen LogP contribution in [-0.2, 0) is 14.8 Å². The largest absolute Gasteiger partial charge is 0.479 e. The van der Waals surface area contributed by atoms with Crippen LogP contribution in [0.25, 0.3) is 0 Å². The van der Waals surface area contributed by atoms with E-state index in [1.54, 1.807) is 13.8 Å². The normalized spacial score (nSPS) is 16.8. The molecule has 0 fully saturated rings. The lowest BCUT2D eigenvalue weighted by atomic mass is 10.2. The SMILES string of the molecule is Cc1ccc(F)cc1NS(=O)(=O)c1ccc2c(c1)NC(=O)[C@@H](C)O2. The average Bonchev–Trinajstić information content (AvgIpc) is 2.51. The van der Waals surface area contributed by atoms with Crippen molar-refractivity contribution in [2.45, 2.75) is 24.8 Å².